The Bertz CT molecular complexity index is 1910. The molecule has 0 heterocycles. The zero-order valence-corrected chi connectivity index (χ0v) is 66.6. The predicted molar refractivity (Wildman–Crippen MR) is 405 cm³/mol. The Morgan fingerprint density at radius 1 is 0.273 bits per heavy atom. The van der Waals surface area contributed by atoms with E-state index in [-0.39, 0.29) is 25.7 Å². The van der Waals surface area contributed by atoms with Gasteiger partial charge in [0.25, 0.3) is 0 Å². The first-order valence-electron chi connectivity index (χ1n) is 41.5. The van der Waals surface area contributed by atoms with Crippen LogP contribution in [0, 0.1) is 11.8 Å². The Kier molecular flexibility index (Phi) is 70.3. The molecule has 0 radical (unpaired) electrons. The van der Waals surface area contributed by atoms with Crippen molar-refractivity contribution in [2.24, 2.45) is 11.8 Å². The average Bonchev–Trinajstić information content (AvgIpc) is 0.984. The fourth-order valence-electron chi connectivity index (χ4n) is 12.4. The SMILES string of the molecule is CCCCCCCCCCCCCCCCCCC(=O)OC[C@H](COP(=O)(O)OC[C@@H](O)COP(=O)(O)OC[C@@H](COC(=O)CCCCCCCCCCCCC(C)C)OC(=O)CCCCCCCCCCCCCCCC)OC(=O)CCCCCCCCCCCCCCCC(C)C. The molecule has 0 saturated heterocycles. The summed E-state index contributed by atoms with van der Waals surface area (Å²) in [5.41, 5.74) is 0. The van der Waals surface area contributed by atoms with Gasteiger partial charge in [0.1, 0.15) is 19.3 Å². The van der Waals surface area contributed by atoms with Gasteiger partial charge in [-0.25, -0.2) is 9.13 Å². The summed E-state index contributed by atoms with van der Waals surface area (Å²) in [6.07, 6.45) is 60.9. The summed E-state index contributed by atoms with van der Waals surface area (Å²) >= 11 is 0. The molecular formula is C80H156O17P2. The molecule has 0 rings (SSSR count). The first-order chi connectivity index (χ1) is 47.9. The average molecular weight is 1450 g/mol. The lowest BCUT2D eigenvalue weighted by Gasteiger charge is -2.21. The van der Waals surface area contributed by atoms with Gasteiger partial charge >= 0.3 is 39.5 Å². The fourth-order valence-corrected chi connectivity index (χ4v) is 13.9. The molecule has 99 heavy (non-hydrogen) atoms. The van der Waals surface area contributed by atoms with Crippen LogP contribution in [-0.2, 0) is 65.4 Å². The highest BCUT2D eigenvalue weighted by Crippen LogP contribution is 2.45. The zero-order valence-electron chi connectivity index (χ0n) is 64.8. The fraction of sp³-hybridized carbons (Fsp3) is 0.950. The number of carbonyl (C=O) groups is 4. The maximum atomic E-state index is 13.1. The molecule has 0 aromatic heterocycles. The molecule has 0 aliphatic rings. The van der Waals surface area contributed by atoms with E-state index in [1.54, 1.807) is 0 Å². The maximum absolute atomic E-state index is 13.1. The third-order valence-electron chi connectivity index (χ3n) is 18.7. The minimum Gasteiger partial charge on any atom is -0.462 e. The molecule has 588 valence electrons. The van der Waals surface area contributed by atoms with Gasteiger partial charge in [0.15, 0.2) is 12.2 Å². The molecular weight excluding hydrogens is 1290 g/mol. The Balaban J connectivity index is 5.27. The van der Waals surface area contributed by atoms with Gasteiger partial charge in [0, 0.05) is 25.7 Å². The number of rotatable bonds is 79. The van der Waals surface area contributed by atoms with Crippen LogP contribution in [0.5, 0.6) is 0 Å². The van der Waals surface area contributed by atoms with Crippen molar-refractivity contribution < 1.29 is 80.2 Å². The van der Waals surface area contributed by atoms with Crippen molar-refractivity contribution in [3.05, 3.63) is 0 Å². The van der Waals surface area contributed by atoms with Gasteiger partial charge in [0.2, 0.25) is 0 Å². The molecule has 19 heteroatoms. The molecule has 0 saturated carbocycles. The number of hydrogen-bond donors (Lipinski definition) is 3. The summed E-state index contributed by atoms with van der Waals surface area (Å²) in [6.45, 7) is 9.65. The van der Waals surface area contributed by atoms with Gasteiger partial charge in [-0.2, -0.15) is 0 Å². The lowest BCUT2D eigenvalue weighted by atomic mass is 10.0. The first kappa shape index (κ1) is 97.1. The number of unbranched alkanes of at least 4 members (excludes halogenated alkanes) is 49. The van der Waals surface area contributed by atoms with E-state index >= 15 is 0 Å². The van der Waals surface area contributed by atoms with Crippen molar-refractivity contribution in [3.63, 3.8) is 0 Å². The molecule has 0 aromatic rings. The van der Waals surface area contributed by atoms with Crippen molar-refractivity contribution in [1.82, 2.24) is 0 Å². The highest BCUT2D eigenvalue weighted by atomic mass is 31.2. The molecule has 0 bridgehead atoms. The van der Waals surface area contributed by atoms with E-state index < -0.39 is 97.5 Å². The predicted octanol–water partition coefficient (Wildman–Crippen LogP) is 23.9. The number of carbonyl (C=O) groups excluding carboxylic acids is 4. The van der Waals surface area contributed by atoms with Crippen LogP contribution in [0.15, 0.2) is 0 Å². The Morgan fingerprint density at radius 2 is 0.465 bits per heavy atom. The standard InChI is InChI=1S/C80H156O17P2/c1-7-9-11-13-15-17-19-21-23-24-28-31-38-44-50-56-62-77(82)90-68-75(96-80(85)65-59-53-47-41-33-29-25-26-30-36-42-48-54-60-72(3)4)70-94-98(86,87)92-66-74(81)67-93-99(88,89)95-71-76(69-91-78(83)63-57-51-45-39-35-34-37-43-49-55-61-73(5)6)97-79(84)64-58-52-46-40-32-27-22-20-18-16-14-12-10-8-2/h72-76,81H,7-71H2,1-6H3,(H,86,87)(H,88,89)/t74-,75-,76-/m1/s1. The minimum atomic E-state index is -4.96. The number of hydrogen-bond acceptors (Lipinski definition) is 15. The first-order valence-corrected chi connectivity index (χ1v) is 44.5. The van der Waals surface area contributed by atoms with Crippen molar-refractivity contribution >= 4 is 39.5 Å². The Labute approximate surface area is 607 Å². The lowest BCUT2D eigenvalue weighted by Crippen LogP contribution is -2.30. The highest BCUT2D eigenvalue weighted by Gasteiger charge is 2.30. The molecule has 0 spiro atoms. The van der Waals surface area contributed by atoms with Gasteiger partial charge in [-0.05, 0) is 37.5 Å². The van der Waals surface area contributed by atoms with Crippen molar-refractivity contribution in [2.45, 2.75) is 439 Å². The number of phosphoric acid groups is 2. The molecule has 0 aliphatic heterocycles. The molecule has 17 nitrogen and oxygen atoms in total. The van der Waals surface area contributed by atoms with Crippen molar-refractivity contribution in [2.75, 3.05) is 39.6 Å². The van der Waals surface area contributed by atoms with E-state index in [0.717, 1.165) is 102 Å². The molecule has 0 amide bonds. The smallest absolute Gasteiger partial charge is 0.462 e. The van der Waals surface area contributed by atoms with Crippen LogP contribution in [0.1, 0.15) is 420 Å². The summed E-state index contributed by atoms with van der Waals surface area (Å²) in [4.78, 5) is 73.0. The van der Waals surface area contributed by atoms with E-state index in [4.69, 9.17) is 37.0 Å². The summed E-state index contributed by atoms with van der Waals surface area (Å²) in [6, 6.07) is 0. The summed E-state index contributed by atoms with van der Waals surface area (Å²) in [5.74, 6) is -0.562. The van der Waals surface area contributed by atoms with Crippen molar-refractivity contribution in [3.8, 4) is 0 Å². The van der Waals surface area contributed by atoms with Crippen LogP contribution in [-0.4, -0.2) is 96.7 Å². The van der Waals surface area contributed by atoms with Crippen LogP contribution < -0.4 is 0 Å². The van der Waals surface area contributed by atoms with Gasteiger partial charge in [-0.3, -0.25) is 37.3 Å². The van der Waals surface area contributed by atoms with Crippen LogP contribution in [0.25, 0.3) is 0 Å². The summed E-state index contributed by atoms with van der Waals surface area (Å²) < 4.78 is 68.7. The van der Waals surface area contributed by atoms with E-state index in [9.17, 15) is 43.2 Å². The van der Waals surface area contributed by atoms with Crippen LogP contribution in [0.4, 0.5) is 0 Å². The highest BCUT2D eigenvalue weighted by molar-refractivity contribution is 7.47. The monoisotopic (exact) mass is 1450 g/mol. The van der Waals surface area contributed by atoms with Gasteiger partial charge in [-0.1, -0.05) is 369 Å². The second-order valence-electron chi connectivity index (χ2n) is 29.8. The number of aliphatic hydroxyl groups is 1. The van der Waals surface area contributed by atoms with E-state index in [2.05, 4.69) is 41.5 Å². The van der Waals surface area contributed by atoms with E-state index in [0.29, 0.717) is 25.7 Å². The molecule has 0 fully saturated rings. The number of esters is 4. The maximum Gasteiger partial charge on any atom is 0.472 e. The second-order valence-corrected chi connectivity index (χ2v) is 32.7. The van der Waals surface area contributed by atoms with Crippen molar-refractivity contribution in [1.29, 1.82) is 0 Å². The lowest BCUT2D eigenvalue weighted by molar-refractivity contribution is -0.161. The third kappa shape index (κ3) is 74.1. The number of aliphatic hydroxyl groups excluding tert-OH is 1. The van der Waals surface area contributed by atoms with E-state index in [1.165, 1.54) is 238 Å². The minimum absolute atomic E-state index is 0.108. The molecule has 3 N–H and O–H groups in total. The van der Waals surface area contributed by atoms with Crippen LogP contribution in [0.2, 0.25) is 0 Å². The van der Waals surface area contributed by atoms with Gasteiger partial charge < -0.3 is 33.8 Å². The van der Waals surface area contributed by atoms with Gasteiger partial charge in [-0.15, -0.1) is 0 Å². The van der Waals surface area contributed by atoms with E-state index in [1.807, 2.05) is 0 Å². The number of phosphoric ester groups is 2. The zero-order chi connectivity index (χ0) is 72.8. The van der Waals surface area contributed by atoms with Gasteiger partial charge in [0.05, 0.1) is 26.4 Å². The third-order valence-corrected chi connectivity index (χ3v) is 20.6. The summed E-state index contributed by atoms with van der Waals surface area (Å²) in [5, 5.41) is 10.6. The van der Waals surface area contributed by atoms with Crippen LogP contribution in [0.3, 0.4) is 0 Å². The topological polar surface area (TPSA) is 237 Å². The second kappa shape index (κ2) is 71.7. The quantitative estimate of drug-likeness (QED) is 0.0222. The van der Waals surface area contributed by atoms with Crippen LogP contribution >= 0.6 is 15.6 Å². The largest absolute Gasteiger partial charge is 0.472 e. The molecule has 5 atom stereocenters. The summed E-state index contributed by atoms with van der Waals surface area (Å²) in [7, 11) is -9.92. The molecule has 2 unspecified atom stereocenters. The normalized spacial score (nSPS) is 13.9. The Morgan fingerprint density at radius 3 is 0.687 bits per heavy atom. The molecule has 0 aromatic carbocycles. The Hall–Kier alpha value is -1.94. The number of ether oxygens (including phenoxy) is 4. The molecule has 0 aliphatic carbocycles.